The molecule has 1 aromatic carbocycles. The number of nitrogens with one attached hydrogen (secondary N) is 1. The number of piperazine rings is 1. The molecule has 0 saturated carbocycles. The van der Waals surface area contributed by atoms with Crippen LogP contribution in [-0.4, -0.2) is 52.9 Å². The SMILES string of the molecule is CN1CCN(C(=O)c2cccc3[nH]ccc23)CC1(C)C. The van der Waals surface area contributed by atoms with Gasteiger partial charge >= 0.3 is 0 Å². The van der Waals surface area contributed by atoms with Crippen LogP contribution in [0.4, 0.5) is 0 Å². The molecule has 1 aliphatic rings. The summed E-state index contributed by atoms with van der Waals surface area (Å²) in [6.07, 6.45) is 1.88. The van der Waals surface area contributed by atoms with E-state index in [4.69, 9.17) is 0 Å². The second-order valence-corrected chi connectivity index (χ2v) is 6.21. The number of nitrogens with zero attached hydrogens (tertiary/aromatic N) is 2. The van der Waals surface area contributed by atoms with Crippen LogP contribution in [0.1, 0.15) is 24.2 Å². The fraction of sp³-hybridized carbons (Fsp3) is 0.438. The lowest BCUT2D eigenvalue weighted by atomic mass is 9.98. The van der Waals surface area contributed by atoms with E-state index >= 15 is 0 Å². The minimum absolute atomic E-state index is 0.0277. The number of rotatable bonds is 1. The third-order valence-electron chi connectivity index (χ3n) is 4.43. The predicted octanol–water partition coefficient (Wildman–Crippen LogP) is 2.33. The molecule has 0 spiro atoms. The predicted molar refractivity (Wildman–Crippen MR) is 80.9 cm³/mol. The molecule has 1 aliphatic heterocycles. The van der Waals surface area contributed by atoms with Gasteiger partial charge in [0.2, 0.25) is 0 Å². The van der Waals surface area contributed by atoms with Gasteiger partial charge in [-0.05, 0) is 39.1 Å². The van der Waals surface area contributed by atoms with Crippen molar-refractivity contribution in [1.82, 2.24) is 14.8 Å². The lowest BCUT2D eigenvalue weighted by molar-refractivity contribution is 0.0313. The van der Waals surface area contributed by atoms with Crippen LogP contribution in [0.25, 0.3) is 10.9 Å². The smallest absolute Gasteiger partial charge is 0.254 e. The zero-order valence-corrected chi connectivity index (χ0v) is 12.3. The van der Waals surface area contributed by atoms with Crippen molar-refractivity contribution in [2.24, 2.45) is 0 Å². The van der Waals surface area contributed by atoms with Crippen molar-refractivity contribution < 1.29 is 4.79 Å². The Balaban J connectivity index is 1.91. The molecule has 3 rings (SSSR count). The van der Waals surface area contributed by atoms with E-state index in [0.29, 0.717) is 0 Å². The van der Waals surface area contributed by atoms with Crippen molar-refractivity contribution in [1.29, 1.82) is 0 Å². The first-order valence-corrected chi connectivity index (χ1v) is 7.06. The van der Waals surface area contributed by atoms with Gasteiger partial charge in [-0.25, -0.2) is 0 Å². The third kappa shape index (κ3) is 2.10. The van der Waals surface area contributed by atoms with E-state index in [1.54, 1.807) is 0 Å². The number of hydrogen-bond donors (Lipinski definition) is 1. The highest BCUT2D eigenvalue weighted by Gasteiger charge is 2.33. The number of carbonyl (C=O) groups excluding carboxylic acids is 1. The number of aromatic nitrogens is 1. The fourth-order valence-electron chi connectivity index (χ4n) is 2.86. The molecule has 0 atom stereocenters. The molecule has 4 nitrogen and oxygen atoms in total. The van der Waals surface area contributed by atoms with Crippen LogP contribution in [0.5, 0.6) is 0 Å². The van der Waals surface area contributed by atoms with E-state index in [0.717, 1.165) is 36.1 Å². The van der Waals surface area contributed by atoms with Gasteiger partial charge in [-0.1, -0.05) is 6.07 Å². The van der Waals surface area contributed by atoms with E-state index in [9.17, 15) is 4.79 Å². The summed E-state index contributed by atoms with van der Waals surface area (Å²) < 4.78 is 0. The zero-order chi connectivity index (χ0) is 14.3. The summed E-state index contributed by atoms with van der Waals surface area (Å²) in [7, 11) is 2.12. The zero-order valence-electron chi connectivity index (χ0n) is 12.3. The topological polar surface area (TPSA) is 39.3 Å². The molecule has 106 valence electrons. The summed E-state index contributed by atoms with van der Waals surface area (Å²) in [5.74, 6) is 0.136. The number of carbonyl (C=O) groups is 1. The van der Waals surface area contributed by atoms with E-state index < -0.39 is 0 Å². The maximum atomic E-state index is 12.8. The first kappa shape index (κ1) is 13.2. The summed E-state index contributed by atoms with van der Waals surface area (Å²) in [5, 5.41) is 1.01. The van der Waals surface area contributed by atoms with E-state index in [1.165, 1.54) is 0 Å². The van der Waals surface area contributed by atoms with E-state index in [1.807, 2.05) is 35.4 Å². The van der Waals surface area contributed by atoms with Crippen LogP contribution >= 0.6 is 0 Å². The van der Waals surface area contributed by atoms with Gasteiger partial charge in [-0.3, -0.25) is 9.69 Å². The monoisotopic (exact) mass is 271 g/mol. The molecule has 2 aromatic rings. The highest BCUT2D eigenvalue weighted by molar-refractivity contribution is 6.06. The Hall–Kier alpha value is -1.81. The highest BCUT2D eigenvalue weighted by atomic mass is 16.2. The molecule has 0 aliphatic carbocycles. The third-order valence-corrected chi connectivity index (χ3v) is 4.43. The first-order chi connectivity index (χ1) is 9.49. The Morgan fingerprint density at radius 3 is 2.80 bits per heavy atom. The average Bonchev–Trinajstić information content (AvgIpc) is 2.89. The van der Waals surface area contributed by atoms with Crippen LogP contribution in [0.2, 0.25) is 0 Å². The fourth-order valence-corrected chi connectivity index (χ4v) is 2.86. The maximum Gasteiger partial charge on any atom is 0.254 e. The van der Waals surface area contributed by atoms with Crippen LogP contribution in [0.15, 0.2) is 30.5 Å². The second-order valence-electron chi connectivity index (χ2n) is 6.21. The van der Waals surface area contributed by atoms with Crippen LogP contribution in [-0.2, 0) is 0 Å². The van der Waals surface area contributed by atoms with E-state index in [-0.39, 0.29) is 11.4 Å². The average molecular weight is 271 g/mol. The molecule has 1 fully saturated rings. The van der Waals surface area contributed by atoms with Crippen LogP contribution in [0.3, 0.4) is 0 Å². The molecule has 1 saturated heterocycles. The van der Waals surface area contributed by atoms with Gasteiger partial charge in [0.25, 0.3) is 5.91 Å². The molecule has 2 heterocycles. The molecule has 1 amide bonds. The second kappa shape index (κ2) is 4.63. The molecule has 1 aromatic heterocycles. The standard InChI is InChI=1S/C16H21N3O/c1-16(2)11-19(10-9-18(16)3)15(20)13-5-4-6-14-12(13)7-8-17-14/h4-8,17H,9-11H2,1-3H3. The number of H-pyrrole nitrogens is 1. The summed E-state index contributed by atoms with van der Waals surface area (Å²) in [6.45, 7) is 6.84. The molecule has 0 bridgehead atoms. The van der Waals surface area contributed by atoms with Gasteiger partial charge < -0.3 is 9.88 Å². The number of aromatic amines is 1. The van der Waals surface area contributed by atoms with Crippen molar-refractivity contribution in [3.05, 3.63) is 36.0 Å². The van der Waals surface area contributed by atoms with Crippen LogP contribution in [0, 0.1) is 0 Å². The number of amides is 1. The Morgan fingerprint density at radius 2 is 2.05 bits per heavy atom. The Kier molecular flexibility index (Phi) is 3.05. The van der Waals surface area contributed by atoms with Gasteiger partial charge in [0.1, 0.15) is 0 Å². The summed E-state index contributed by atoms with van der Waals surface area (Å²) >= 11 is 0. The Bertz CT molecular complexity index is 644. The Morgan fingerprint density at radius 1 is 1.25 bits per heavy atom. The summed E-state index contributed by atoms with van der Waals surface area (Å²) in [5.41, 5.74) is 1.84. The highest BCUT2D eigenvalue weighted by Crippen LogP contribution is 2.23. The largest absolute Gasteiger partial charge is 0.361 e. The van der Waals surface area contributed by atoms with Gasteiger partial charge in [-0.2, -0.15) is 0 Å². The van der Waals surface area contributed by atoms with Crippen molar-refractivity contribution in [3.63, 3.8) is 0 Å². The van der Waals surface area contributed by atoms with Crippen molar-refractivity contribution >= 4 is 16.8 Å². The summed E-state index contributed by atoms with van der Waals surface area (Å²) in [4.78, 5) is 20.2. The lowest BCUT2D eigenvalue weighted by Gasteiger charge is -2.45. The normalized spacial score (nSPS) is 19.4. The van der Waals surface area contributed by atoms with Gasteiger partial charge in [0.15, 0.2) is 0 Å². The van der Waals surface area contributed by atoms with Crippen molar-refractivity contribution in [2.45, 2.75) is 19.4 Å². The Labute approximate surface area is 119 Å². The molecule has 0 unspecified atom stereocenters. The number of fused-ring (bicyclic) bond motifs is 1. The summed E-state index contributed by atoms with van der Waals surface area (Å²) in [6, 6.07) is 7.83. The minimum atomic E-state index is 0.0277. The maximum absolute atomic E-state index is 12.8. The molecule has 20 heavy (non-hydrogen) atoms. The molecule has 1 N–H and O–H groups in total. The number of likely N-dealkylation sites (N-methyl/N-ethyl adjacent to an activating group) is 1. The van der Waals surface area contributed by atoms with Crippen molar-refractivity contribution in [3.8, 4) is 0 Å². The van der Waals surface area contributed by atoms with Gasteiger partial charge in [-0.15, -0.1) is 0 Å². The molecular weight excluding hydrogens is 250 g/mol. The van der Waals surface area contributed by atoms with E-state index in [2.05, 4.69) is 30.8 Å². The van der Waals surface area contributed by atoms with Gasteiger partial charge in [0, 0.05) is 47.8 Å². The van der Waals surface area contributed by atoms with Gasteiger partial charge in [0.05, 0.1) is 0 Å². The molecule has 4 heteroatoms. The number of hydrogen-bond acceptors (Lipinski definition) is 2. The lowest BCUT2D eigenvalue weighted by Crippen LogP contribution is -2.58. The molecule has 0 radical (unpaired) electrons. The molecular formula is C16H21N3O. The number of benzene rings is 1. The quantitative estimate of drug-likeness (QED) is 0.864. The van der Waals surface area contributed by atoms with Crippen LogP contribution < -0.4 is 0 Å². The van der Waals surface area contributed by atoms with Crippen molar-refractivity contribution in [2.75, 3.05) is 26.7 Å². The first-order valence-electron chi connectivity index (χ1n) is 7.06. The minimum Gasteiger partial charge on any atom is -0.361 e.